The fourth-order valence-electron chi connectivity index (χ4n) is 7.93. The highest BCUT2D eigenvalue weighted by Crippen LogP contribution is 2.67. The molecule has 136 valence electrons. The minimum Gasteiger partial charge on any atom is -0.393 e. The Labute approximate surface area is 146 Å². The molecule has 4 aliphatic carbocycles. The fraction of sp³-hybridized carbons (Fsp3) is 1.00. The molecule has 0 aromatic heterocycles. The first kappa shape index (κ1) is 16.1. The SMILES string of the molecule is C[C@@]12CC[C@H]3[C@@H](CC[C@@H]4CC5(CC[C@@]43C)OCCO5)[C@H]1CC[C@H]2O. The second-order valence-electron chi connectivity index (χ2n) is 10.1. The van der Waals surface area contributed by atoms with E-state index in [0.717, 1.165) is 56.1 Å². The molecule has 0 aromatic rings. The Morgan fingerprint density at radius 3 is 2.33 bits per heavy atom. The molecule has 0 amide bonds. The predicted molar refractivity (Wildman–Crippen MR) is 92.4 cm³/mol. The second kappa shape index (κ2) is 5.20. The molecule has 1 N–H and O–H groups in total. The van der Waals surface area contributed by atoms with Gasteiger partial charge in [0.1, 0.15) is 0 Å². The van der Waals surface area contributed by atoms with Crippen molar-refractivity contribution < 1.29 is 14.6 Å². The Morgan fingerprint density at radius 1 is 0.792 bits per heavy atom. The predicted octanol–water partition coefficient (Wildman–Crippen LogP) is 4.13. The highest BCUT2D eigenvalue weighted by Gasteiger charge is 2.61. The van der Waals surface area contributed by atoms with Gasteiger partial charge in [-0.05, 0) is 79.4 Å². The molecular formula is C21H34O3. The van der Waals surface area contributed by atoms with Crippen LogP contribution in [0.2, 0.25) is 0 Å². The normalized spacial score (nSPS) is 55.9. The van der Waals surface area contributed by atoms with Crippen molar-refractivity contribution in [2.75, 3.05) is 13.2 Å². The lowest BCUT2D eigenvalue weighted by atomic mass is 9.45. The molecular weight excluding hydrogens is 300 g/mol. The largest absolute Gasteiger partial charge is 0.393 e. The quantitative estimate of drug-likeness (QED) is 0.724. The summed E-state index contributed by atoms with van der Waals surface area (Å²) in [7, 11) is 0. The molecule has 4 saturated carbocycles. The van der Waals surface area contributed by atoms with E-state index in [1.807, 2.05) is 0 Å². The van der Waals surface area contributed by atoms with E-state index in [2.05, 4.69) is 13.8 Å². The van der Waals surface area contributed by atoms with Crippen LogP contribution in [0.4, 0.5) is 0 Å². The summed E-state index contributed by atoms with van der Waals surface area (Å²) >= 11 is 0. The molecule has 1 spiro atoms. The summed E-state index contributed by atoms with van der Waals surface area (Å²) in [5.41, 5.74) is 0.677. The van der Waals surface area contributed by atoms with Crippen LogP contribution in [-0.2, 0) is 9.47 Å². The van der Waals surface area contributed by atoms with Crippen LogP contribution in [0, 0.1) is 34.5 Å². The highest BCUT2D eigenvalue weighted by molar-refractivity contribution is 5.10. The maximum Gasteiger partial charge on any atom is 0.168 e. The average molecular weight is 334 g/mol. The first-order valence-corrected chi connectivity index (χ1v) is 10.4. The summed E-state index contributed by atoms with van der Waals surface area (Å²) in [5.74, 6) is 3.00. The van der Waals surface area contributed by atoms with Crippen LogP contribution in [0.25, 0.3) is 0 Å². The van der Waals surface area contributed by atoms with Gasteiger partial charge in [-0.3, -0.25) is 0 Å². The highest BCUT2D eigenvalue weighted by atomic mass is 16.7. The first-order chi connectivity index (χ1) is 11.5. The van der Waals surface area contributed by atoms with Gasteiger partial charge in [-0.25, -0.2) is 0 Å². The summed E-state index contributed by atoms with van der Waals surface area (Å²) < 4.78 is 12.1. The van der Waals surface area contributed by atoms with Crippen LogP contribution in [-0.4, -0.2) is 30.2 Å². The second-order valence-corrected chi connectivity index (χ2v) is 10.1. The standard InChI is InChI=1S/C21H34O3/c1-19-9-10-21(23-11-12-24-21)13-14(19)3-4-15-16-5-6-18(22)20(16,2)8-7-17(15)19/h14-18,22H,3-13H2,1-2H3/t14-,15+,16-,17+,18-,19+,20-/m1/s1. The maximum absolute atomic E-state index is 10.6. The number of aliphatic hydroxyl groups excluding tert-OH is 1. The van der Waals surface area contributed by atoms with Crippen molar-refractivity contribution in [2.45, 2.75) is 83.5 Å². The Morgan fingerprint density at radius 2 is 1.54 bits per heavy atom. The Hall–Kier alpha value is -0.120. The molecule has 7 atom stereocenters. The average Bonchev–Trinajstić information content (AvgIpc) is 3.14. The molecule has 1 saturated heterocycles. The first-order valence-electron chi connectivity index (χ1n) is 10.4. The van der Waals surface area contributed by atoms with Crippen LogP contribution in [0.5, 0.6) is 0 Å². The van der Waals surface area contributed by atoms with Gasteiger partial charge in [0.25, 0.3) is 0 Å². The van der Waals surface area contributed by atoms with E-state index in [0.29, 0.717) is 5.41 Å². The van der Waals surface area contributed by atoms with Gasteiger partial charge in [0.15, 0.2) is 5.79 Å². The van der Waals surface area contributed by atoms with E-state index in [1.165, 1.54) is 38.5 Å². The molecule has 1 heterocycles. The lowest BCUT2D eigenvalue weighted by Crippen LogP contribution is -2.56. The lowest BCUT2D eigenvalue weighted by molar-refractivity contribution is -0.230. The van der Waals surface area contributed by atoms with Crippen LogP contribution >= 0.6 is 0 Å². The van der Waals surface area contributed by atoms with E-state index in [-0.39, 0.29) is 17.3 Å². The van der Waals surface area contributed by atoms with Crippen molar-refractivity contribution >= 4 is 0 Å². The van der Waals surface area contributed by atoms with Gasteiger partial charge in [-0.2, -0.15) is 0 Å². The van der Waals surface area contributed by atoms with Crippen molar-refractivity contribution in [1.82, 2.24) is 0 Å². The molecule has 3 nitrogen and oxygen atoms in total. The third kappa shape index (κ3) is 2.01. The van der Waals surface area contributed by atoms with Crippen molar-refractivity contribution in [3.8, 4) is 0 Å². The van der Waals surface area contributed by atoms with Gasteiger partial charge in [-0.15, -0.1) is 0 Å². The number of rotatable bonds is 0. The van der Waals surface area contributed by atoms with Crippen LogP contribution in [0.3, 0.4) is 0 Å². The number of hydrogen-bond donors (Lipinski definition) is 1. The molecule has 0 radical (unpaired) electrons. The zero-order chi connectivity index (χ0) is 16.6. The van der Waals surface area contributed by atoms with E-state index in [1.54, 1.807) is 0 Å². The number of fused-ring (bicyclic) bond motifs is 5. The van der Waals surface area contributed by atoms with E-state index < -0.39 is 0 Å². The Balaban J connectivity index is 1.41. The van der Waals surface area contributed by atoms with Gasteiger partial charge in [0.05, 0.1) is 19.3 Å². The molecule has 5 fully saturated rings. The summed E-state index contributed by atoms with van der Waals surface area (Å²) in [6.07, 6.45) is 11.0. The molecule has 3 heteroatoms. The zero-order valence-corrected chi connectivity index (χ0v) is 15.4. The van der Waals surface area contributed by atoms with E-state index >= 15 is 0 Å². The minimum atomic E-state index is -0.232. The third-order valence-corrected chi connectivity index (χ3v) is 9.43. The summed E-state index contributed by atoms with van der Waals surface area (Å²) in [4.78, 5) is 0. The summed E-state index contributed by atoms with van der Waals surface area (Å²) in [6.45, 7) is 6.54. The van der Waals surface area contributed by atoms with Crippen molar-refractivity contribution in [3.05, 3.63) is 0 Å². The minimum absolute atomic E-state index is 0.0520. The Kier molecular flexibility index (Phi) is 3.49. The van der Waals surface area contributed by atoms with Crippen molar-refractivity contribution in [1.29, 1.82) is 0 Å². The van der Waals surface area contributed by atoms with Crippen LogP contribution in [0.1, 0.15) is 71.6 Å². The molecule has 5 aliphatic rings. The summed E-state index contributed by atoms with van der Waals surface area (Å²) in [6, 6.07) is 0. The number of ether oxygens (including phenoxy) is 2. The van der Waals surface area contributed by atoms with E-state index in [9.17, 15) is 5.11 Å². The topological polar surface area (TPSA) is 38.7 Å². The monoisotopic (exact) mass is 334 g/mol. The zero-order valence-electron chi connectivity index (χ0n) is 15.4. The van der Waals surface area contributed by atoms with Crippen molar-refractivity contribution in [3.63, 3.8) is 0 Å². The van der Waals surface area contributed by atoms with Crippen molar-refractivity contribution in [2.24, 2.45) is 34.5 Å². The molecule has 5 rings (SSSR count). The fourth-order valence-corrected chi connectivity index (χ4v) is 7.93. The van der Waals surface area contributed by atoms with Gasteiger partial charge in [0.2, 0.25) is 0 Å². The van der Waals surface area contributed by atoms with Crippen LogP contribution < -0.4 is 0 Å². The van der Waals surface area contributed by atoms with Gasteiger partial charge in [-0.1, -0.05) is 13.8 Å². The van der Waals surface area contributed by atoms with Gasteiger partial charge >= 0.3 is 0 Å². The van der Waals surface area contributed by atoms with Gasteiger partial charge in [0, 0.05) is 12.8 Å². The number of hydrogen-bond acceptors (Lipinski definition) is 3. The van der Waals surface area contributed by atoms with Crippen LogP contribution in [0.15, 0.2) is 0 Å². The Bertz CT molecular complexity index is 513. The lowest BCUT2D eigenvalue weighted by Gasteiger charge is -2.61. The molecule has 0 unspecified atom stereocenters. The summed E-state index contributed by atoms with van der Waals surface area (Å²) in [5, 5.41) is 10.6. The molecule has 0 bridgehead atoms. The molecule has 0 aromatic carbocycles. The number of aliphatic hydroxyl groups is 1. The molecule has 24 heavy (non-hydrogen) atoms. The smallest absolute Gasteiger partial charge is 0.168 e. The third-order valence-electron chi connectivity index (χ3n) is 9.43. The maximum atomic E-state index is 10.6. The molecule has 1 aliphatic heterocycles. The van der Waals surface area contributed by atoms with E-state index in [4.69, 9.17) is 9.47 Å². The van der Waals surface area contributed by atoms with Gasteiger partial charge < -0.3 is 14.6 Å².